The van der Waals surface area contributed by atoms with Gasteiger partial charge in [-0.25, -0.2) is 0 Å². The minimum absolute atomic E-state index is 1.02. The molecule has 0 fully saturated rings. The minimum Gasteiger partial charge on any atom is -0.460 e. The molecule has 0 spiro atoms. The summed E-state index contributed by atoms with van der Waals surface area (Å²) >= 11 is 0. The van der Waals surface area contributed by atoms with Gasteiger partial charge in [0.1, 0.15) is 22.7 Å². The van der Waals surface area contributed by atoms with Crippen LogP contribution in [0.5, 0.6) is 0 Å². The lowest BCUT2D eigenvalue weighted by molar-refractivity contribution is 0.533. The van der Waals surface area contributed by atoms with Crippen LogP contribution in [-0.2, 0) is 12.8 Å². The smallest absolute Gasteiger partial charge is 0.142 e. The van der Waals surface area contributed by atoms with Crippen molar-refractivity contribution in [1.82, 2.24) is 0 Å². The van der Waals surface area contributed by atoms with E-state index in [0.717, 1.165) is 35.5 Å². The van der Waals surface area contributed by atoms with Gasteiger partial charge in [0.05, 0.1) is 0 Å². The molecule has 0 N–H and O–H groups in total. The Morgan fingerprint density at radius 1 is 0.471 bits per heavy atom. The molecule has 0 saturated carbocycles. The highest BCUT2D eigenvalue weighted by molar-refractivity contribution is 6.23. The lowest BCUT2D eigenvalue weighted by atomic mass is 9.95. The van der Waals surface area contributed by atoms with Crippen molar-refractivity contribution < 1.29 is 8.83 Å². The van der Waals surface area contributed by atoms with Crippen molar-refractivity contribution in [3.05, 3.63) is 72.2 Å². The molecule has 2 aromatic heterocycles. The first-order valence-electron chi connectivity index (χ1n) is 13.0. The van der Waals surface area contributed by atoms with Crippen molar-refractivity contribution in [2.24, 2.45) is 0 Å². The van der Waals surface area contributed by atoms with Gasteiger partial charge in [0.25, 0.3) is 0 Å². The minimum atomic E-state index is 1.02. The molecule has 172 valence electrons. The molecule has 4 aromatic carbocycles. The van der Waals surface area contributed by atoms with E-state index >= 15 is 0 Å². The van der Waals surface area contributed by atoms with E-state index in [-0.39, 0.29) is 0 Å². The van der Waals surface area contributed by atoms with Crippen LogP contribution in [0.25, 0.3) is 54.3 Å². The summed E-state index contributed by atoms with van der Waals surface area (Å²) in [6.07, 6.45) is 9.36. The first-order chi connectivity index (χ1) is 16.8. The van der Waals surface area contributed by atoms with Crippen molar-refractivity contribution >= 4 is 54.3 Å². The maximum absolute atomic E-state index is 6.35. The number of benzene rings is 4. The summed E-state index contributed by atoms with van der Waals surface area (Å²) in [6.45, 7) is 4.48. The third-order valence-corrected chi connectivity index (χ3v) is 7.31. The number of aryl methyl sites for hydroxylation is 2. The third-order valence-electron chi connectivity index (χ3n) is 7.31. The lowest BCUT2D eigenvalue weighted by Gasteiger charge is -2.08. The molecule has 0 unspecified atom stereocenters. The van der Waals surface area contributed by atoms with Gasteiger partial charge in [-0.15, -0.1) is 0 Å². The van der Waals surface area contributed by atoms with Gasteiger partial charge in [0.2, 0.25) is 0 Å². The number of fused-ring (bicyclic) bond motifs is 9. The van der Waals surface area contributed by atoms with E-state index in [1.807, 2.05) is 0 Å². The summed E-state index contributed by atoms with van der Waals surface area (Å²) in [4.78, 5) is 0. The summed E-state index contributed by atoms with van der Waals surface area (Å²) in [5.74, 6) is 2.20. The largest absolute Gasteiger partial charge is 0.460 e. The van der Waals surface area contributed by atoms with Crippen molar-refractivity contribution in [2.75, 3.05) is 0 Å². The van der Waals surface area contributed by atoms with Gasteiger partial charge in [0.15, 0.2) is 0 Å². The highest BCUT2D eigenvalue weighted by atomic mass is 16.3. The summed E-state index contributed by atoms with van der Waals surface area (Å²) < 4.78 is 12.7. The predicted molar refractivity (Wildman–Crippen MR) is 145 cm³/mol. The molecule has 34 heavy (non-hydrogen) atoms. The molecule has 0 saturated heterocycles. The van der Waals surface area contributed by atoms with E-state index in [9.17, 15) is 0 Å². The van der Waals surface area contributed by atoms with Crippen LogP contribution in [0.3, 0.4) is 0 Å². The Kier molecular flexibility index (Phi) is 5.53. The molecule has 6 rings (SSSR count). The second-order valence-electron chi connectivity index (χ2n) is 9.72. The van der Waals surface area contributed by atoms with Gasteiger partial charge in [-0.3, -0.25) is 0 Å². The van der Waals surface area contributed by atoms with E-state index < -0.39 is 0 Å². The average molecular weight is 449 g/mol. The molecule has 2 heteroatoms. The Morgan fingerprint density at radius 2 is 0.853 bits per heavy atom. The van der Waals surface area contributed by atoms with Crippen molar-refractivity contribution in [3.8, 4) is 0 Å². The predicted octanol–water partition coefficient (Wildman–Crippen LogP) is 10.1. The Morgan fingerprint density at radius 3 is 1.29 bits per heavy atom. The van der Waals surface area contributed by atoms with E-state index in [1.54, 1.807) is 0 Å². The fourth-order valence-electron chi connectivity index (χ4n) is 5.48. The molecule has 6 aromatic rings. The standard InChI is InChI=1S/C32H32O2/c1-3-5-7-9-23-19-21-11-13-27-25-16-18-30-28(26(25)15-17-29(27)31(21)33-23)14-12-22-20-24(34-32(22)30)10-8-6-4-2/h11-20H,3-10H2,1-2H3. The summed E-state index contributed by atoms with van der Waals surface area (Å²) in [5, 5.41) is 9.84. The molecular weight excluding hydrogens is 416 g/mol. The fourth-order valence-corrected chi connectivity index (χ4v) is 5.48. The summed E-state index contributed by atoms with van der Waals surface area (Å²) in [5.41, 5.74) is 2.04. The van der Waals surface area contributed by atoms with Crippen molar-refractivity contribution in [1.29, 1.82) is 0 Å². The molecule has 0 bridgehead atoms. The summed E-state index contributed by atoms with van der Waals surface area (Å²) in [6, 6.07) is 22.4. The molecule has 0 amide bonds. The summed E-state index contributed by atoms with van der Waals surface area (Å²) in [7, 11) is 0. The maximum atomic E-state index is 6.35. The van der Waals surface area contributed by atoms with E-state index in [4.69, 9.17) is 8.83 Å². The molecule has 0 aliphatic carbocycles. The van der Waals surface area contributed by atoms with Gasteiger partial charge in [0, 0.05) is 34.4 Å². The first-order valence-corrected chi connectivity index (χ1v) is 13.0. The Hall–Kier alpha value is -3.26. The fraction of sp³-hybridized carbons (Fsp3) is 0.312. The maximum Gasteiger partial charge on any atom is 0.142 e. The molecule has 2 nitrogen and oxygen atoms in total. The topological polar surface area (TPSA) is 26.3 Å². The molecule has 0 aliphatic rings. The zero-order valence-electron chi connectivity index (χ0n) is 20.2. The molecule has 0 radical (unpaired) electrons. The molecule has 2 heterocycles. The second kappa shape index (κ2) is 8.83. The zero-order valence-corrected chi connectivity index (χ0v) is 20.2. The lowest BCUT2D eigenvalue weighted by Crippen LogP contribution is -1.82. The van der Waals surface area contributed by atoms with Crippen LogP contribution in [0.1, 0.15) is 63.9 Å². The van der Waals surface area contributed by atoms with Gasteiger partial charge in [-0.2, -0.15) is 0 Å². The van der Waals surface area contributed by atoms with E-state index in [1.165, 1.54) is 81.6 Å². The van der Waals surface area contributed by atoms with Crippen molar-refractivity contribution in [2.45, 2.75) is 65.2 Å². The van der Waals surface area contributed by atoms with Gasteiger partial charge >= 0.3 is 0 Å². The quantitative estimate of drug-likeness (QED) is 0.171. The average Bonchev–Trinajstić information content (AvgIpc) is 3.47. The van der Waals surface area contributed by atoms with Crippen LogP contribution >= 0.6 is 0 Å². The van der Waals surface area contributed by atoms with Gasteiger partial charge in [-0.1, -0.05) is 75.9 Å². The number of hydrogen-bond donors (Lipinski definition) is 0. The number of furan rings is 2. The highest BCUT2D eigenvalue weighted by Crippen LogP contribution is 2.38. The van der Waals surface area contributed by atoms with Crippen LogP contribution in [-0.4, -0.2) is 0 Å². The SMILES string of the molecule is CCCCCc1cc2ccc3c4ccc5c(ccc6cc(CCCCC)oc65)c4ccc3c2o1. The third kappa shape index (κ3) is 3.57. The van der Waals surface area contributed by atoms with Crippen LogP contribution in [0, 0.1) is 0 Å². The van der Waals surface area contributed by atoms with Gasteiger partial charge < -0.3 is 8.83 Å². The zero-order chi connectivity index (χ0) is 23.1. The second-order valence-corrected chi connectivity index (χ2v) is 9.72. The van der Waals surface area contributed by atoms with Crippen LogP contribution in [0.15, 0.2) is 69.5 Å². The first kappa shape index (κ1) is 21.3. The van der Waals surface area contributed by atoms with Crippen LogP contribution < -0.4 is 0 Å². The molecular formula is C32H32O2. The van der Waals surface area contributed by atoms with Crippen molar-refractivity contribution in [3.63, 3.8) is 0 Å². The number of rotatable bonds is 8. The monoisotopic (exact) mass is 448 g/mol. The highest BCUT2D eigenvalue weighted by Gasteiger charge is 2.14. The van der Waals surface area contributed by atoms with E-state index in [0.29, 0.717) is 0 Å². The Bertz CT molecular complexity index is 1510. The van der Waals surface area contributed by atoms with Gasteiger partial charge in [-0.05, 0) is 58.7 Å². The number of hydrogen-bond acceptors (Lipinski definition) is 2. The van der Waals surface area contributed by atoms with Crippen LogP contribution in [0.4, 0.5) is 0 Å². The van der Waals surface area contributed by atoms with E-state index in [2.05, 4.69) is 74.5 Å². The number of unbranched alkanes of at least 4 members (excludes halogenated alkanes) is 4. The van der Waals surface area contributed by atoms with Crippen LogP contribution in [0.2, 0.25) is 0 Å². The molecule has 0 atom stereocenters. The molecule has 0 aliphatic heterocycles. The Balaban J connectivity index is 1.47. The Labute approximate surface area is 200 Å². The normalized spacial score (nSPS) is 12.2.